The van der Waals surface area contributed by atoms with E-state index in [-0.39, 0.29) is 17.5 Å². The third-order valence-corrected chi connectivity index (χ3v) is 9.28. The van der Waals surface area contributed by atoms with Gasteiger partial charge in [-0.3, -0.25) is 19.4 Å². The minimum absolute atomic E-state index is 0.0178. The molecule has 1 spiro atoms. The summed E-state index contributed by atoms with van der Waals surface area (Å²) in [7, 11) is 0. The number of amides is 1. The SMILES string of the molecule is C=CC(=O)N1CCC(n2nc(N3CCC(=O)CC34CCC4)c(-c3c(Cl)c(C)cc4[nH]ncc34)c2C)CC1. The van der Waals surface area contributed by atoms with Crippen LogP contribution in [0.5, 0.6) is 0 Å². The topological polar surface area (TPSA) is 87.1 Å². The number of piperidine rings is 2. The Kier molecular flexibility index (Phi) is 5.90. The van der Waals surface area contributed by atoms with Crippen LogP contribution in [0.25, 0.3) is 22.0 Å². The maximum atomic E-state index is 12.5. The lowest BCUT2D eigenvalue weighted by Crippen LogP contribution is -2.59. The molecule has 1 aliphatic carbocycles. The average molecular weight is 521 g/mol. The third-order valence-electron chi connectivity index (χ3n) is 8.80. The molecule has 8 nitrogen and oxygen atoms in total. The minimum Gasteiger partial charge on any atom is -0.348 e. The van der Waals surface area contributed by atoms with Gasteiger partial charge in [-0.05, 0) is 63.7 Å². The van der Waals surface area contributed by atoms with Crippen LogP contribution in [-0.2, 0) is 9.59 Å². The van der Waals surface area contributed by atoms with Gasteiger partial charge in [0.05, 0.1) is 22.8 Å². The Morgan fingerprint density at radius 3 is 2.65 bits per heavy atom. The second-order valence-electron chi connectivity index (χ2n) is 10.9. The van der Waals surface area contributed by atoms with Gasteiger partial charge in [-0.2, -0.15) is 10.2 Å². The molecule has 2 aromatic heterocycles. The first-order chi connectivity index (χ1) is 17.8. The van der Waals surface area contributed by atoms with Gasteiger partial charge in [0.15, 0.2) is 5.82 Å². The van der Waals surface area contributed by atoms with E-state index < -0.39 is 0 Å². The zero-order chi connectivity index (χ0) is 25.9. The number of anilines is 1. The molecule has 1 aromatic carbocycles. The number of benzene rings is 1. The minimum atomic E-state index is -0.152. The highest BCUT2D eigenvalue weighted by Crippen LogP contribution is 2.50. The number of nitrogens with zero attached hydrogens (tertiary/aromatic N) is 5. The number of likely N-dealkylation sites (tertiary alicyclic amines) is 1. The van der Waals surface area contributed by atoms with Crippen LogP contribution in [0.4, 0.5) is 5.82 Å². The fourth-order valence-electron chi connectivity index (χ4n) is 6.63. The molecule has 4 heterocycles. The van der Waals surface area contributed by atoms with Crippen molar-refractivity contribution in [2.24, 2.45) is 0 Å². The standard InChI is InChI=1S/C28H33ClN6O2/c1-4-23(37)33-11-6-19(7-12-33)35-18(3)24(25-21-16-30-31-22(21)14-17(2)26(25)29)27(32-35)34-13-8-20(36)15-28(34)9-5-10-28/h4,14,16,19H,1,5-13,15H2,2-3H3,(H,30,31). The molecule has 3 fully saturated rings. The number of rotatable bonds is 4. The molecular formula is C28H33ClN6O2. The van der Waals surface area contributed by atoms with E-state index in [9.17, 15) is 9.59 Å². The largest absolute Gasteiger partial charge is 0.348 e. The molecule has 2 saturated heterocycles. The molecule has 0 bridgehead atoms. The Bertz CT molecular complexity index is 1410. The molecule has 1 amide bonds. The Balaban J connectivity index is 1.51. The highest BCUT2D eigenvalue weighted by Gasteiger charge is 2.48. The van der Waals surface area contributed by atoms with Crippen LogP contribution in [0.2, 0.25) is 5.02 Å². The zero-order valence-electron chi connectivity index (χ0n) is 21.5. The number of H-pyrrole nitrogens is 1. The van der Waals surface area contributed by atoms with Gasteiger partial charge in [0.1, 0.15) is 5.78 Å². The quantitative estimate of drug-likeness (QED) is 0.481. The monoisotopic (exact) mass is 520 g/mol. The van der Waals surface area contributed by atoms with Crippen LogP contribution in [0.15, 0.2) is 24.9 Å². The second kappa shape index (κ2) is 9.01. The lowest BCUT2D eigenvalue weighted by molar-refractivity contribution is -0.127. The van der Waals surface area contributed by atoms with E-state index in [1.165, 1.54) is 6.08 Å². The van der Waals surface area contributed by atoms with Crippen LogP contribution in [-0.4, -0.2) is 61.7 Å². The van der Waals surface area contributed by atoms with Crippen LogP contribution >= 0.6 is 11.6 Å². The fraction of sp³-hybridized carbons (Fsp3) is 0.500. The number of fused-ring (bicyclic) bond motifs is 1. The van der Waals surface area contributed by atoms with E-state index in [0.717, 1.165) is 71.2 Å². The van der Waals surface area contributed by atoms with Crippen molar-refractivity contribution in [2.45, 2.75) is 70.4 Å². The number of aromatic amines is 1. The van der Waals surface area contributed by atoms with Crippen molar-refractivity contribution in [3.63, 3.8) is 0 Å². The predicted octanol–water partition coefficient (Wildman–Crippen LogP) is 5.14. The van der Waals surface area contributed by atoms with E-state index >= 15 is 0 Å². The van der Waals surface area contributed by atoms with Crippen LogP contribution < -0.4 is 4.90 Å². The van der Waals surface area contributed by atoms with Crippen LogP contribution in [0, 0.1) is 13.8 Å². The molecule has 2 aliphatic heterocycles. The van der Waals surface area contributed by atoms with Crippen molar-refractivity contribution in [3.8, 4) is 11.1 Å². The third kappa shape index (κ3) is 3.79. The lowest BCUT2D eigenvalue weighted by atomic mass is 9.69. The summed E-state index contributed by atoms with van der Waals surface area (Å²) in [5.41, 5.74) is 4.82. The van der Waals surface area contributed by atoms with E-state index in [2.05, 4.69) is 33.3 Å². The van der Waals surface area contributed by atoms with E-state index in [4.69, 9.17) is 16.7 Å². The number of hydrogen-bond donors (Lipinski definition) is 1. The molecule has 3 aliphatic rings. The number of ketones is 1. The molecule has 6 rings (SSSR count). The summed E-state index contributed by atoms with van der Waals surface area (Å²) in [6.45, 7) is 9.81. The number of carbonyl (C=O) groups excluding carboxylic acids is 2. The molecule has 1 saturated carbocycles. The van der Waals surface area contributed by atoms with E-state index in [1.807, 2.05) is 24.1 Å². The zero-order valence-corrected chi connectivity index (χ0v) is 22.3. The first kappa shape index (κ1) is 24.2. The van der Waals surface area contributed by atoms with Crippen LogP contribution in [0.1, 0.15) is 62.2 Å². The van der Waals surface area contributed by atoms with Gasteiger partial charge in [-0.1, -0.05) is 18.2 Å². The van der Waals surface area contributed by atoms with Gasteiger partial charge in [-0.25, -0.2) is 0 Å². The summed E-state index contributed by atoms with van der Waals surface area (Å²) in [6, 6.07) is 2.21. The van der Waals surface area contributed by atoms with Crippen LogP contribution in [0.3, 0.4) is 0 Å². The number of Topliss-reactive ketones (excluding diaryl/α,β-unsaturated/α-hetero) is 1. The smallest absolute Gasteiger partial charge is 0.245 e. The number of halogens is 1. The summed E-state index contributed by atoms with van der Waals surface area (Å²) in [5, 5.41) is 14.4. The van der Waals surface area contributed by atoms with Gasteiger partial charge in [-0.15, -0.1) is 0 Å². The maximum absolute atomic E-state index is 12.5. The Labute approximate surface area is 221 Å². The molecule has 3 aromatic rings. The maximum Gasteiger partial charge on any atom is 0.245 e. The lowest BCUT2D eigenvalue weighted by Gasteiger charge is -2.53. The van der Waals surface area contributed by atoms with Crippen molar-refractivity contribution in [3.05, 3.63) is 41.2 Å². The summed E-state index contributed by atoms with van der Waals surface area (Å²) in [4.78, 5) is 29.0. The van der Waals surface area contributed by atoms with Gasteiger partial charge in [0, 0.05) is 60.2 Å². The number of aromatic nitrogens is 4. The van der Waals surface area contributed by atoms with Crippen molar-refractivity contribution in [1.29, 1.82) is 0 Å². The molecule has 9 heteroatoms. The van der Waals surface area contributed by atoms with Crippen molar-refractivity contribution >= 4 is 40.0 Å². The molecule has 37 heavy (non-hydrogen) atoms. The highest BCUT2D eigenvalue weighted by molar-refractivity contribution is 6.36. The average Bonchev–Trinajstić information content (AvgIpc) is 3.47. The van der Waals surface area contributed by atoms with Crippen molar-refractivity contribution < 1.29 is 9.59 Å². The predicted molar refractivity (Wildman–Crippen MR) is 145 cm³/mol. The van der Waals surface area contributed by atoms with E-state index in [0.29, 0.717) is 43.3 Å². The number of hydrogen-bond acceptors (Lipinski definition) is 5. The molecule has 0 radical (unpaired) electrons. The van der Waals surface area contributed by atoms with E-state index in [1.54, 1.807) is 0 Å². The molecular weight excluding hydrogens is 488 g/mol. The molecule has 0 atom stereocenters. The highest BCUT2D eigenvalue weighted by atomic mass is 35.5. The van der Waals surface area contributed by atoms with Crippen molar-refractivity contribution in [2.75, 3.05) is 24.5 Å². The molecule has 194 valence electrons. The summed E-state index contributed by atoms with van der Waals surface area (Å²) in [6.07, 6.45) is 9.16. The Morgan fingerprint density at radius 1 is 1.22 bits per heavy atom. The number of nitrogens with one attached hydrogen (secondary N) is 1. The summed E-state index contributed by atoms with van der Waals surface area (Å²) in [5.74, 6) is 1.25. The Hall–Kier alpha value is -3.13. The van der Waals surface area contributed by atoms with Gasteiger partial charge < -0.3 is 9.80 Å². The first-order valence-electron chi connectivity index (χ1n) is 13.3. The van der Waals surface area contributed by atoms with Gasteiger partial charge in [0.2, 0.25) is 5.91 Å². The normalized spacial score (nSPS) is 20.0. The van der Waals surface area contributed by atoms with Gasteiger partial charge in [0.25, 0.3) is 0 Å². The van der Waals surface area contributed by atoms with Gasteiger partial charge >= 0.3 is 0 Å². The summed E-state index contributed by atoms with van der Waals surface area (Å²) < 4.78 is 2.16. The second-order valence-corrected chi connectivity index (χ2v) is 11.3. The number of aryl methyl sites for hydroxylation is 1. The first-order valence-corrected chi connectivity index (χ1v) is 13.6. The molecule has 1 N–H and O–H groups in total. The Morgan fingerprint density at radius 2 is 1.97 bits per heavy atom. The fourth-order valence-corrected chi connectivity index (χ4v) is 6.88. The van der Waals surface area contributed by atoms with Crippen molar-refractivity contribution in [1.82, 2.24) is 24.9 Å². The molecule has 0 unspecified atom stereocenters. The summed E-state index contributed by atoms with van der Waals surface area (Å²) >= 11 is 7.05. The number of carbonyl (C=O) groups is 2.